The zero-order chi connectivity index (χ0) is 18.5. The summed E-state index contributed by atoms with van der Waals surface area (Å²) in [5, 5.41) is 3.01. The molecule has 26 heavy (non-hydrogen) atoms. The molecule has 1 aromatic carbocycles. The van der Waals surface area contributed by atoms with E-state index in [1.807, 2.05) is 18.2 Å². The molecule has 0 aliphatic carbocycles. The van der Waals surface area contributed by atoms with Gasteiger partial charge in [0.15, 0.2) is 0 Å². The van der Waals surface area contributed by atoms with Gasteiger partial charge in [-0.2, -0.15) is 0 Å². The van der Waals surface area contributed by atoms with E-state index in [1.54, 1.807) is 0 Å². The van der Waals surface area contributed by atoms with Crippen molar-refractivity contribution in [3.63, 3.8) is 0 Å². The predicted molar refractivity (Wildman–Crippen MR) is 99.2 cm³/mol. The summed E-state index contributed by atoms with van der Waals surface area (Å²) in [6, 6.07) is 8.08. The van der Waals surface area contributed by atoms with Crippen molar-refractivity contribution in [2.75, 3.05) is 26.2 Å². The van der Waals surface area contributed by atoms with Crippen LogP contribution in [-0.2, 0) is 20.9 Å². The van der Waals surface area contributed by atoms with Crippen molar-refractivity contribution in [3.05, 3.63) is 35.4 Å². The van der Waals surface area contributed by atoms with Gasteiger partial charge in [-0.25, -0.2) is 0 Å². The summed E-state index contributed by atoms with van der Waals surface area (Å²) < 4.78 is 5.78. The highest BCUT2D eigenvalue weighted by molar-refractivity contribution is 5.78. The van der Waals surface area contributed by atoms with Crippen molar-refractivity contribution in [1.82, 2.24) is 10.2 Å². The lowest BCUT2D eigenvalue weighted by Crippen LogP contribution is -2.45. The minimum absolute atomic E-state index is 0.0375. The van der Waals surface area contributed by atoms with Crippen molar-refractivity contribution in [2.24, 2.45) is 17.6 Å². The monoisotopic (exact) mass is 359 g/mol. The molecule has 0 radical (unpaired) electrons. The molecule has 6 heteroatoms. The van der Waals surface area contributed by atoms with E-state index in [2.05, 4.69) is 23.2 Å². The minimum Gasteiger partial charge on any atom is -0.377 e. The first-order valence-corrected chi connectivity index (χ1v) is 9.49. The number of hydrogen-bond acceptors (Lipinski definition) is 4. The average Bonchev–Trinajstić information content (AvgIpc) is 3.12. The number of nitrogens with one attached hydrogen (secondary N) is 1. The summed E-state index contributed by atoms with van der Waals surface area (Å²) >= 11 is 0. The number of amides is 2. The van der Waals surface area contributed by atoms with Gasteiger partial charge in [-0.1, -0.05) is 24.3 Å². The van der Waals surface area contributed by atoms with E-state index >= 15 is 0 Å². The number of likely N-dealkylation sites (tertiary alicyclic amines) is 1. The highest BCUT2D eigenvalue weighted by Crippen LogP contribution is 2.32. The molecule has 2 aliphatic heterocycles. The number of primary amides is 1. The number of nitrogens with two attached hydrogens (primary N) is 1. The van der Waals surface area contributed by atoms with E-state index in [9.17, 15) is 9.59 Å². The van der Waals surface area contributed by atoms with Crippen LogP contribution in [0.25, 0.3) is 0 Å². The molecule has 142 valence electrons. The smallest absolute Gasteiger partial charge is 0.234 e. The number of carbonyl (C=O) groups is 2. The summed E-state index contributed by atoms with van der Waals surface area (Å²) in [7, 11) is 0. The Labute approximate surface area is 155 Å². The topological polar surface area (TPSA) is 84.7 Å². The first kappa shape index (κ1) is 18.9. The van der Waals surface area contributed by atoms with Crippen LogP contribution < -0.4 is 11.1 Å². The lowest BCUT2D eigenvalue weighted by molar-refractivity contribution is -0.125. The number of aryl methyl sites for hydroxylation is 1. The Morgan fingerprint density at radius 1 is 1.23 bits per heavy atom. The average molecular weight is 359 g/mol. The standard InChI is InChI=1S/C20H29N3O3/c1-14-4-2-3-5-16(14)12-22-18(24)13-23-9-6-15(7-10-23)19-17(20(21)25)8-11-26-19/h2-5,15,17,19H,6-13H2,1H3,(H2,21,25)(H,22,24)/t17-,19+/m0/s1. The molecule has 6 nitrogen and oxygen atoms in total. The summed E-state index contributed by atoms with van der Waals surface area (Å²) in [6.07, 6.45) is 2.59. The van der Waals surface area contributed by atoms with Crippen LogP contribution in [0.1, 0.15) is 30.4 Å². The number of hydrogen-bond donors (Lipinski definition) is 2. The Morgan fingerprint density at radius 3 is 2.65 bits per heavy atom. The molecule has 2 saturated heterocycles. The third-order valence-electron chi connectivity index (χ3n) is 5.70. The summed E-state index contributed by atoms with van der Waals surface area (Å²) in [5.74, 6) is 0.0228. The SMILES string of the molecule is Cc1ccccc1CNC(=O)CN1CCC([C@H]2OCC[C@@H]2C(N)=O)CC1. The van der Waals surface area contributed by atoms with Crippen LogP contribution in [0.5, 0.6) is 0 Å². The van der Waals surface area contributed by atoms with Gasteiger partial charge in [-0.05, 0) is 56.3 Å². The lowest BCUT2D eigenvalue weighted by atomic mass is 9.84. The van der Waals surface area contributed by atoms with E-state index in [-0.39, 0.29) is 23.8 Å². The van der Waals surface area contributed by atoms with Crippen LogP contribution in [0.3, 0.4) is 0 Å². The van der Waals surface area contributed by atoms with E-state index in [0.717, 1.165) is 37.9 Å². The fraction of sp³-hybridized carbons (Fsp3) is 0.600. The highest BCUT2D eigenvalue weighted by atomic mass is 16.5. The molecule has 0 spiro atoms. The molecular weight excluding hydrogens is 330 g/mol. The van der Waals surface area contributed by atoms with E-state index in [4.69, 9.17) is 10.5 Å². The minimum atomic E-state index is -0.245. The second-order valence-electron chi connectivity index (χ2n) is 7.45. The van der Waals surface area contributed by atoms with E-state index < -0.39 is 0 Å². The van der Waals surface area contributed by atoms with Gasteiger partial charge in [-0.3, -0.25) is 14.5 Å². The molecule has 0 saturated carbocycles. The summed E-state index contributed by atoms with van der Waals surface area (Å²) in [5.41, 5.74) is 7.84. The van der Waals surface area contributed by atoms with Gasteiger partial charge in [0, 0.05) is 13.2 Å². The summed E-state index contributed by atoms with van der Waals surface area (Å²) in [4.78, 5) is 26.0. The molecule has 0 unspecified atom stereocenters. The highest BCUT2D eigenvalue weighted by Gasteiger charge is 2.39. The van der Waals surface area contributed by atoms with Gasteiger partial charge < -0.3 is 15.8 Å². The molecule has 3 N–H and O–H groups in total. The van der Waals surface area contributed by atoms with Gasteiger partial charge in [0.25, 0.3) is 0 Å². The molecule has 1 aromatic rings. The number of ether oxygens (including phenoxy) is 1. The van der Waals surface area contributed by atoms with Gasteiger partial charge in [0.1, 0.15) is 0 Å². The van der Waals surface area contributed by atoms with Crippen molar-refractivity contribution < 1.29 is 14.3 Å². The van der Waals surface area contributed by atoms with Crippen LogP contribution >= 0.6 is 0 Å². The van der Waals surface area contributed by atoms with Gasteiger partial charge >= 0.3 is 0 Å². The Morgan fingerprint density at radius 2 is 1.96 bits per heavy atom. The fourth-order valence-electron chi connectivity index (χ4n) is 4.08. The molecule has 2 heterocycles. The van der Waals surface area contributed by atoms with Gasteiger partial charge in [-0.15, -0.1) is 0 Å². The maximum Gasteiger partial charge on any atom is 0.234 e. The Balaban J connectivity index is 1.42. The van der Waals surface area contributed by atoms with Crippen LogP contribution in [0, 0.1) is 18.8 Å². The van der Waals surface area contributed by atoms with Crippen molar-refractivity contribution in [3.8, 4) is 0 Å². The van der Waals surface area contributed by atoms with Crippen molar-refractivity contribution >= 4 is 11.8 Å². The fourth-order valence-corrected chi connectivity index (χ4v) is 4.08. The number of nitrogens with zero attached hydrogens (tertiary/aromatic N) is 1. The first-order chi connectivity index (χ1) is 12.5. The maximum atomic E-state index is 12.2. The zero-order valence-corrected chi connectivity index (χ0v) is 15.4. The first-order valence-electron chi connectivity index (χ1n) is 9.49. The quantitative estimate of drug-likeness (QED) is 0.800. The Kier molecular flexibility index (Phi) is 6.27. The van der Waals surface area contributed by atoms with Crippen molar-refractivity contribution in [1.29, 1.82) is 0 Å². The van der Waals surface area contributed by atoms with Crippen LogP contribution in [0.15, 0.2) is 24.3 Å². The largest absolute Gasteiger partial charge is 0.377 e. The van der Waals surface area contributed by atoms with Crippen molar-refractivity contribution in [2.45, 2.75) is 38.8 Å². The van der Waals surface area contributed by atoms with Crippen LogP contribution in [0.4, 0.5) is 0 Å². The normalized spacial score (nSPS) is 24.5. The molecule has 2 amide bonds. The third kappa shape index (κ3) is 4.62. The second kappa shape index (κ2) is 8.64. The number of piperidine rings is 1. The predicted octanol–water partition coefficient (Wildman–Crippen LogP) is 1.21. The lowest BCUT2D eigenvalue weighted by Gasteiger charge is -2.35. The Bertz CT molecular complexity index is 641. The van der Waals surface area contributed by atoms with Gasteiger partial charge in [0.05, 0.1) is 18.6 Å². The molecule has 0 aromatic heterocycles. The van der Waals surface area contributed by atoms with Crippen LogP contribution in [-0.4, -0.2) is 49.1 Å². The number of rotatable bonds is 6. The molecule has 0 bridgehead atoms. The molecule has 2 fully saturated rings. The van der Waals surface area contributed by atoms with E-state index in [0.29, 0.717) is 25.6 Å². The second-order valence-corrected chi connectivity index (χ2v) is 7.45. The van der Waals surface area contributed by atoms with E-state index in [1.165, 1.54) is 5.56 Å². The third-order valence-corrected chi connectivity index (χ3v) is 5.70. The number of carbonyl (C=O) groups excluding carboxylic acids is 2. The molecular formula is C20H29N3O3. The zero-order valence-electron chi connectivity index (χ0n) is 15.4. The molecule has 2 atom stereocenters. The number of benzene rings is 1. The Hall–Kier alpha value is -1.92. The van der Waals surface area contributed by atoms with Crippen LogP contribution in [0.2, 0.25) is 0 Å². The van der Waals surface area contributed by atoms with Gasteiger partial charge in [0.2, 0.25) is 11.8 Å². The maximum absolute atomic E-state index is 12.2. The molecule has 3 rings (SSSR count). The molecule has 2 aliphatic rings. The summed E-state index contributed by atoms with van der Waals surface area (Å²) in [6.45, 7) is 5.37.